The Morgan fingerprint density at radius 3 is 2.54 bits per heavy atom. The summed E-state index contributed by atoms with van der Waals surface area (Å²) in [6.07, 6.45) is 2.63. The first-order valence-electron chi connectivity index (χ1n) is 9.35. The van der Waals surface area contributed by atoms with Crippen molar-refractivity contribution in [2.75, 3.05) is 6.54 Å². The van der Waals surface area contributed by atoms with Crippen LogP contribution < -0.4 is 5.32 Å². The second kappa shape index (κ2) is 7.68. The molecule has 6 heteroatoms. The molecule has 0 atom stereocenters. The van der Waals surface area contributed by atoms with E-state index in [2.05, 4.69) is 10.4 Å². The van der Waals surface area contributed by atoms with E-state index in [-0.39, 0.29) is 11.8 Å². The average Bonchev–Trinajstić information content (AvgIpc) is 3.16. The van der Waals surface area contributed by atoms with E-state index in [1.807, 2.05) is 70.4 Å². The SMILES string of the molecule is CC(=O)NCc1ccc(C(=O)N2CCc3c(cnn3-c3ccccc3)C2)cc1. The predicted molar refractivity (Wildman–Crippen MR) is 106 cm³/mol. The van der Waals surface area contributed by atoms with Crippen LogP contribution in [-0.2, 0) is 24.3 Å². The number of hydrogen-bond acceptors (Lipinski definition) is 3. The molecule has 2 heterocycles. The third kappa shape index (κ3) is 3.67. The molecule has 0 spiro atoms. The van der Waals surface area contributed by atoms with E-state index in [0.29, 0.717) is 25.2 Å². The van der Waals surface area contributed by atoms with Gasteiger partial charge < -0.3 is 10.2 Å². The van der Waals surface area contributed by atoms with Gasteiger partial charge in [0.2, 0.25) is 5.91 Å². The molecule has 1 aliphatic heterocycles. The van der Waals surface area contributed by atoms with Gasteiger partial charge in [-0.25, -0.2) is 4.68 Å². The van der Waals surface area contributed by atoms with Crippen LogP contribution in [0.1, 0.15) is 34.1 Å². The molecule has 4 rings (SSSR count). The Morgan fingerprint density at radius 1 is 1.07 bits per heavy atom. The van der Waals surface area contributed by atoms with Gasteiger partial charge in [0.15, 0.2) is 0 Å². The van der Waals surface area contributed by atoms with Crippen molar-refractivity contribution >= 4 is 11.8 Å². The number of benzene rings is 2. The van der Waals surface area contributed by atoms with Crippen molar-refractivity contribution in [3.8, 4) is 5.69 Å². The van der Waals surface area contributed by atoms with Crippen molar-refractivity contribution in [1.29, 1.82) is 0 Å². The topological polar surface area (TPSA) is 67.2 Å². The van der Waals surface area contributed by atoms with Crippen molar-refractivity contribution < 1.29 is 9.59 Å². The molecule has 1 aromatic heterocycles. The number of carbonyl (C=O) groups is 2. The van der Waals surface area contributed by atoms with Crippen molar-refractivity contribution in [2.24, 2.45) is 0 Å². The van der Waals surface area contributed by atoms with Gasteiger partial charge in [-0.05, 0) is 29.8 Å². The van der Waals surface area contributed by atoms with Crippen LogP contribution in [0.5, 0.6) is 0 Å². The van der Waals surface area contributed by atoms with Gasteiger partial charge in [-0.3, -0.25) is 9.59 Å². The van der Waals surface area contributed by atoms with E-state index in [0.717, 1.165) is 23.2 Å². The van der Waals surface area contributed by atoms with E-state index in [1.54, 1.807) is 0 Å². The fraction of sp³-hybridized carbons (Fsp3) is 0.227. The van der Waals surface area contributed by atoms with E-state index in [9.17, 15) is 9.59 Å². The third-order valence-corrected chi connectivity index (χ3v) is 4.97. The van der Waals surface area contributed by atoms with Crippen LogP contribution in [0.4, 0.5) is 0 Å². The highest BCUT2D eigenvalue weighted by atomic mass is 16.2. The van der Waals surface area contributed by atoms with Gasteiger partial charge in [-0.15, -0.1) is 0 Å². The van der Waals surface area contributed by atoms with Crippen LogP contribution in [0.25, 0.3) is 5.69 Å². The minimum Gasteiger partial charge on any atom is -0.352 e. The normalized spacial score (nSPS) is 13.1. The molecular weight excluding hydrogens is 352 g/mol. The van der Waals surface area contributed by atoms with Gasteiger partial charge in [0.05, 0.1) is 17.6 Å². The lowest BCUT2D eigenvalue weighted by molar-refractivity contribution is -0.119. The zero-order valence-electron chi connectivity index (χ0n) is 15.8. The summed E-state index contributed by atoms with van der Waals surface area (Å²) in [5.74, 6) is -0.0514. The van der Waals surface area contributed by atoms with Gasteiger partial charge >= 0.3 is 0 Å². The number of rotatable bonds is 4. The van der Waals surface area contributed by atoms with Crippen LogP contribution in [0.2, 0.25) is 0 Å². The minimum atomic E-state index is -0.0691. The zero-order valence-corrected chi connectivity index (χ0v) is 15.8. The maximum atomic E-state index is 12.9. The van der Waals surface area contributed by atoms with Gasteiger partial charge in [0, 0.05) is 44.1 Å². The maximum absolute atomic E-state index is 12.9. The number of fused-ring (bicyclic) bond motifs is 1. The summed E-state index contributed by atoms with van der Waals surface area (Å²) in [7, 11) is 0. The van der Waals surface area contributed by atoms with Crippen LogP contribution in [0, 0.1) is 0 Å². The molecule has 0 saturated carbocycles. The van der Waals surface area contributed by atoms with Crippen LogP contribution >= 0.6 is 0 Å². The van der Waals surface area contributed by atoms with Crippen LogP contribution in [0.15, 0.2) is 60.8 Å². The first kappa shape index (κ1) is 18.0. The summed E-state index contributed by atoms with van der Waals surface area (Å²) >= 11 is 0. The molecule has 28 heavy (non-hydrogen) atoms. The molecule has 3 aromatic rings. The van der Waals surface area contributed by atoms with Gasteiger partial charge in [-0.1, -0.05) is 30.3 Å². The molecule has 0 unspecified atom stereocenters. The number of nitrogens with one attached hydrogen (secondary N) is 1. The van der Waals surface area contributed by atoms with E-state index >= 15 is 0 Å². The minimum absolute atomic E-state index is 0.0178. The Bertz CT molecular complexity index is 993. The lowest BCUT2D eigenvalue weighted by Gasteiger charge is -2.27. The smallest absolute Gasteiger partial charge is 0.254 e. The molecule has 1 aliphatic rings. The fourth-order valence-electron chi connectivity index (χ4n) is 3.47. The second-order valence-corrected chi connectivity index (χ2v) is 6.95. The number of para-hydroxylation sites is 1. The average molecular weight is 374 g/mol. The summed E-state index contributed by atoms with van der Waals surface area (Å²) in [5.41, 5.74) is 4.92. The van der Waals surface area contributed by atoms with Gasteiger partial charge in [-0.2, -0.15) is 5.10 Å². The highest BCUT2D eigenvalue weighted by Gasteiger charge is 2.25. The summed E-state index contributed by atoms with van der Waals surface area (Å²) < 4.78 is 1.97. The predicted octanol–water partition coefficient (Wildman–Crippen LogP) is 2.71. The lowest BCUT2D eigenvalue weighted by atomic mass is 10.1. The number of carbonyl (C=O) groups excluding carboxylic acids is 2. The molecule has 0 fully saturated rings. The number of aromatic nitrogens is 2. The molecule has 0 radical (unpaired) electrons. The Morgan fingerprint density at radius 2 is 1.82 bits per heavy atom. The molecule has 0 aliphatic carbocycles. The Hall–Kier alpha value is -3.41. The maximum Gasteiger partial charge on any atom is 0.254 e. The lowest BCUT2D eigenvalue weighted by Crippen LogP contribution is -2.36. The molecule has 142 valence electrons. The molecule has 1 N–H and O–H groups in total. The van der Waals surface area contributed by atoms with Crippen LogP contribution in [-0.4, -0.2) is 33.0 Å². The Labute approximate surface area is 163 Å². The molecule has 0 bridgehead atoms. The van der Waals surface area contributed by atoms with Crippen molar-refractivity contribution in [3.05, 3.63) is 83.2 Å². The fourth-order valence-corrected chi connectivity index (χ4v) is 3.47. The number of nitrogens with zero attached hydrogens (tertiary/aromatic N) is 3. The summed E-state index contributed by atoms with van der Waals surface area (Å²) in [6.45, 7) is 3.19. The monoisotopic (exact) mass is 374 g/mol. The highest BCUT2D eigenvalue weighted by Crippen LogP contribution is 2.23. The van der Waals surface area contributed by atoms with Crippen molar-refractivity contribution in [2.45, 2.75) is 26.4 Å². The molecule has 6 nitrogen and oxygen atoms in total. The molecule has 0 saturated heterocycles. The first-order chi connectivity index (χ1) is 13.6. The molecule has 2 aromatic carbocycles. The third-order valence-electron chi connectivity index (χ3n) is 4.97. The Balaban J connectivity index is 1.46. The largest absolute Gasteiger partial charge is 0.352 e. The highest BCUT2D eigenvalue weighted by molar-refractivity contribution is 5.94. The van der Waals surface area contributed by atoms with E-state index < -0.39 is 0 Å². The second-order valence-electron chi connectivity index (χ2n) is 6.95. The van der Waals surface area contributed by atoms with E-state index in [1.165, 1.54) is 12.6 Å². The molecule has 2 amide bonds. The first-order valence-corrected chi connectivity index (χ1v) is 9.35. The van der Waals surface area contributed by atoms with Crippen molar-refractivity contribution in [3.63, 3.8) is 0 Å². The zero-order chi connectivity index (χ0) is 19.5. The van der Waals surface area contributed by atoms with Crippen molar-refractivity contribution in [1.82, 2.24) is 20.0 Å². The van der Waals surface area contributed by atoms with Crippen LogP contribution in [0.3, 0.4) is 0 Å². The summed E-state index contributed by atoms with van der Waals surface area (Å²) in [6, 6.07) is 17.5. The Kier molecular flexibility index (Phi) is 4.93. The van der Waals surface area contributed by atoms with E-state index in [4.69, 9.17) is 0 Å². The van der Waals surface area contributed by atoms with Gasteiger partial charge in [0.1, 0.15) is 0 Å². The number of hydrogen-bond donors (Lipinski definition) is 1. The quantitative estimate of drug-likeness (QED) is 0.764. The summed E-state index contributed by atoms with van der Waals surface area (Å²) in [4.78, 5) is 25.8. The standard InChI is InChI=1S/C22H22N4O2/c1-16(27)23-13-17-7-9-18(10-8-17)22(28)25-12-11-21-19(15-25)14-24-26(21)20-5-3-2-4-6-20/h2-10,14H,11-13,15H2,1H3,(H,23,27). The number of amides is 2. The van der Waals surface area contributed by atoms with Gasteiger partial charge in [0.25, 0.3) is 5.91 Å². The molecular formula is C22H22N4O2. The summed E-state index contributed by atoms with van der Waals surface area (Å²) in [5, 5.41) is 7.28.